The molecule has 0 aliphatic carbocycles. The van der Waals surface area contributed by atoms with Crippen LogP contribution in [0.1, 0.15) is 5.56 Å². The summed E-state index contributed by atoms with van der Waals surface area (Å²) in [4.78, 5) is 23.0. The topological polar surface area (TPSA) is 124 Å². The maximum Gasteiger partial charge on any atom is 0.280 e. The van der Waals surface area contributed by atoms with Gasteiger partial charge in [-0.15, -0.1) is 0 Å². The highest BCUT2D eigenvalue weighted by atomic mass is 16.7. The second kappa shape index (κ2) is 7.45. The van der Waals surface area contributed by atoms with Gasteiger partial charge in [-0.1, -0.05) is 0 Å². The summed E-state index contributed by atoms with van der Waals surface area (Å²) in [7, 11) is 1.52. The number of nitro benzene ring substituents is 1. The number of ether oxygens (including phenoxy) is 3. The summed E-state index contributed by atoms with van der Waals surface area (Å²) in [6.45, 7) is -0.0529. The molecule has 0 atom stereocenters. The Hall–Kier alpha value is -4.06. The van der Waals surface area contributed by atoms with Crippen molar-refractivity contribution in [3.8, 4) is 23.3 Å². The van der Waals surface area contributed by atoms with Crippen LogP contribution in [0.25, 0.3) is 6.08 Å². The van der Waals surface area contributed by atoms with Gasteiger partial charge in [0.15, 0.2) is 11.5 Å². The van der Waals surface area contributed by atoms with Crippen LogP contribution in [-0.4, -0.2) is 24.7 Å². The van der Waals surface area contributed by atoms with Crippen molar-refractivity contribution in [1.82, 2.24) is 0 Å². The number of nitrogens with zero attached hydrogens (tertiary/aromatic N) is 2. The van der Waals surface area contributed by atoms with E-state index < -0.39 is 10.8 Å². The molecule has 0 fully saturated rings. The molecule has 1 aliphatic rings. The minimum atomic E-state index is -0.699. The van der Waals surface area contributed by atoms with Gasteiger partial charge >= 0.3 is 0 Å². The lowest BCUT2D eigenvalue weighted by molar-refractivity contribution is -0.385. The van der Waals surface area contributed by atoms with Crippen LogP contribution in [0.15, 0.2) is 42.0 Å². The smallest absolute Gasteiger partial charge is 0.280 e. The van der Waals surface area contributed by atoms with Crippen LogP contribution in [0, 0.1) is 21.4 Å². The van der Waals surface area contributed by atoms with Crippen LogP contribution in [0.4, 0.5) is 11.4 Å². The molecule has 9 heteroatoms. The van der Waals surface area contributed by atoms with E-state index in [1.165, 1.54) is 19.2 Å². The molecule has 2 aromatic rings. The first-order valence-electron chi connectivity index (χ1n) is 7.67. The minimum absolute atomic E-state index is 0.0529. The number of amides is 1. The number of nitriles is 1. The number of carbonyl (C=O) groups excluding carboxylic acids is 1. The standard InChI is InChI=1S/C18H13N3O6/c1-25-14-4-2-13(3-5-14)20-18(22)12(9-19)6-11-7-16-17(27-10-26-16)8-15(11)21(23)24/h2-8H,10H2,1H3,(H,20,22). The van der Waals surface area contributed by atoms with Gasteiger partial charge in [0, 0.05) is 5.69 Å². The van der Waals surface area contributed by atoms with Crippen molar-refractivity contribution in [3.63, 3.8) is 0 Å². The molecule has 0 aromatic heterocycles. The SMILES string of the molecule is COc1ccc(NC(=O)C(C#N)=Cc2cc3c(cc2[N+](=O)[O-])OCO3)cc1. The van der Waals surface area contributed by atoms with Crippen LogP contribution in [0.5, 0.6) is 17.2 Å². The maximum atomic E-state index is 12.4. The number of hydrogen-bond donors (Lipinski definition) is 1. The van der Waals surface area contributed by atoms with E-state index in [-0.39, 0.29) is 29.4 Å². The molecular formula is C18H13N3O6. The van der Waals surface area contributed by atoms with Crippen LogP contribution in [-0.2, 0) is 4.79 Å². The highest BCUT2D eigenvalue weighted by molar-refractivity contribution is 6.10. The summed E-state index contributed by atoms with van der Waals surface area (Å²) in [5.74, 6) is 0.453. The molecule has 3 rings (SSSR count). The highest BCUT2D eigenvalue weighted by Crippen LogP contribution is 2.38. The summed E-state index contributed by atoms with van der Waals surface area (Å²) in [6, 6.07) is 10.8. The molecule has 0 unspecified atom stereocenters. The largest absolute Gasteiger partial charge is 0.497 e. The summed E-state index contributed by atoms with van der Waals surface area (Å²) < 4.78 is 15.3. The van der Waals surface area contributed by atoms with Crippen molar-refractivity contribution in [2.45, 2.75) is 0 Å². The second-order valence-electron chi connectivity index (χ2n) is 5.37. The molecule has 0 radical (unpaired) electrons. The second-order valence-corrected chi connectivity index (χ2v) is 5.37. The van der Waals surface area contributed by atoms with E-state index in [9.17, 15) is 20.2 Å². The Kier molecular flexibility index (Phi) is 4.90. The molecule has 0 spiro atoms. The number of benzene rings is 2. The zero-order valence-corrected chi connectivity index (χ0v) is 14.1. The third-order valence-electron chi connectivity index (χ3n) is 3.73. The van der Waals surface area contributed by atoms with E-state index in [1.807, 2.05) is 0 Å². The first-order valence-corrected chi connectivity index (χ1v) is 7.67. The molecule has 0 saturated heterocycles. The molecule has 1 heterocycles. The van der Waals surface area contributed by atoms with Crippen molar-refractivity contribution in [2.75, 3.05) is 19.2 Å². The Morgan fingerprint density at radius 3 is 2.56 bits per heavy atom. The molecule has 2 aromatic carbocycles. The number of fused-ring (bicyclic) bond motifs is 1. The number of rotatable bonds is 5. The monoisotopic (exact) mass is 367 g/mol. The quantitative estimate of drug-likeness (QED) is 0.373. The Balaban J connectivity index is 1.90. The van der Waals surface area contributed by atoms with Gasteiger partial charge in [-0.05, 0) is 36.4 Å². The lowest BCUT2D eigenvalue weighted by atomic mass is 10.1. The van der Waals surface area contributed by atoms with Gasteiger partial charge in [-0.2, -0.15) is 5.26 Å². The first kappa shape index (κ1) is 17.8. The molecule has 1 aliphatic heterocycles. The summed E-state index contributed by atoms with van der Waals surface area (Å²) >= 11 is 0. The van der Waals surface area contributed by atoms with Gasteiger partial charge in [-0.25, -0.2) is 0 Å². The summed E-state index contributed by atoms with van der Waals surface area (Å²) in [5, 5.41) is 23.2. The predicted octanol–water partition coefficient (Wildman–Crippen LogP) is 2.88. The van der Waals surface area contributed by atoms with E-state index in [2.05, 4.69) is 5.32 Å². The number of methoxy groups -OCH3 is 1. The van der Waals surface area contributed by atoms with Crippen LogP contribution < -0.4 is 19.5 Å². The molecule has 1 amide bonds. The Labute approximate surface area is 153 Å². The zero-order valence-electron chi connectivity index (χ0n) is 14.1. The van der Waals surface area contributed by atoms with Crippen LogP contribution in [0.2, 0.25) is 0 Å². The summed E-state index contributed by atoms with van der Waals surface area (Å²) in [5.41, 5.74) is -0.0927. The lowest BCUT2D eigenvalue weighted by Crippen LogP contribution is -2.13. The van der Waals surface area contributed by atoms with Gasteiger partial charge in [0.05, 0.1) is 23.7 Å². The van der Waals surface area contributed by atoms with Gasteiger partial charge < -0.3 is 19.5 Å². The van der Waals surface area contributed by atoms with E-state index in [4.69, 9.17) is 14.2 Å². The summed E-state index contributed by atoms with van der Waals surface area (Å²) in [6.07, 6.45) is 1.14. The molecule has 136 valence electrons. The Morgan fingerprint density at radius 2 is 1.96 bits per heavy atom. The molecule has 1 N–H and O–H groups in total. The molecule has 0 saturated carbocycles. The lowest BCUT2D eigenvalue weighted by Gasteiger charge is -2.06. The predicted molar refractivity (Wildman–Crippen MR) is 94.4 cm³/mol. The van der Waals surface area contributed by atoms with E-state index in [0.29, 0.717) is 17.2 Å². The minimum Gasteiger partial charge on any atom is -0.497 e. The number of nitrogens with one attached hydrogen (secondary N) is 1. The molecule has 9 nitrogen and oxygen atoms in total. The van der Waals surface area contributed by atoms with Crippen molar-refractivity contribution >= 4 is 23.4 Å². The third-order valence-corrected chi connectivity index (χ3v) is 3.73. The molecular weight excluding hydrogens is 354 g/mol. The first-order chi connectivity index (χ1) is 13.0. The number of anilines is 1. The van der Waals surface area contributed by atoms with Crippen LogP contribution in [0.3, 0.4) is 0 Å². The average Bonchev–Trinajstić information content (AvgIpc) is 3.13. The Bertz CT molecular complexity index is 976. The van der Waals surface area contributed by atoms with Crippen molar-refractivity contribution < 1.29 is 23.9 Å². The average molecular weight is 367 g/mol. The third kappa shape index (κ3) is 3.80. The van der Waals surface area contributed by atoms with E-state index in [1.54, 1.807) is 30.3 Å². The Morgan fingerprint density at radius 1 is 1.30 bits per heavy atom. The van der Waals surface area contributed by atoms with Crippen molar-refractivity contribution in [2.24, 2.45) is 0 Å². The van der Waals surface area contributed by atoms with Gasteiger partial charge in [-0.3, -0.25) is 14.9 Å². The number of hydrogen-bond acceptors (Lipinski definition) is 7. The molecule has 27 heavy (non-hydrogen) atoms. The van der Waals surface area contributed by atoms with Gasteiger partial charge in [0.2, 0.25) is 6.79 Å². The van der Waals surface area contributed by atoms with Crippen LogP contribution >= 0.6 is 0 Å². The number of carbonyl (C=O) groups is 1. The van der Waals surface area contributed by atoms with Crippen molar-refractivity contribution in [3.05, 3.63) is 57.6 Å². The molecule has 0 bridgehead atoms. The fourth-order valence-electron chi connectivity index (χ4n) is 2.40. The zero-order chi connectivity index (χ0) is 19.4. The maximum absolute atomic E-state index is 12.4. The normalized spacial score (nSPS) is 12.2. The van der Waals surface area contributed by atoms with E-state index >= 15 is 0 Å². The fourth-order valence-corrected chi connectivity index (χ4v) is 2.40. The fraction of sp³-hybridized carbons (Fsp3) is 0.111. The van der Waals surface area contributed by atoms with Gasteiger partial charge in [0.1, 0.15) is 17.4 Å². The number of nitro groups is 1. The van der Waals surface area contributed by atoms with Gasteiger partial charge in [0.25, 0.3) is 11.6 Å². The highest BCUT2D eigenvalue weighted by Gasteiger charge is 2.23. The van der Waals surface area contributed by atoms with E-state index in [0.717, 1.165) is 6.08 Å². The van der Waals surface area contributed by atoms with Crippen molar-refractivity contribution in [1.29, 1.82) is 5.26 Å².